The molecule has 1 amide bonds. The van der Waals surface area contributed by atoms with Gasteiger partial charge in [-0.15, -0.1) is 0 Å². The Bertz CT molecular complexity index is 557. The van der Waals surface area contributed by atoms with Crippen LogP contribution in [0.3, 0.4) is 0 Å². The first-order valence-corrected chi connectivity index (χ1v) is 5.55. The molecule has 0 fully saturated rings. The van der Waals surface area contributed by atoms with Gasteiger partial charge in [0.05, 0.1) is 0 Å². The average molecular weight is 229 g/mol. The van der Waals surface area contributed by atoms with Gasteiger partial charge in [0.2, 0.25) is 5.91 Å². The maximum absolute atomic E-state index is 11.0. The molecule has 0 aliphatic heterocycles. The maximum Gasteiger partial charge on any atom is 0.243 e. The molecule has 88 valence electrons. The van der Waals surface area contributed by atoms with E-state index in [2.05, 4.69) is 21.9 Å². The van der Waals surface area contributed by atoms with Crippen molar-refractivity contribution >= 4 is 16.9 Å². The molecule has 0 spiro atoms. The second-order valence-electron chi connectivity index (χ2n) is 3.87. The van der Waals surface area contributed by atoms with Gasteiger partial charge in [0.15, 0.2) is 0 Å². The molecule has 0 aliphatic rings. The van der Waals surface area contributed by atoms with Gasteiger partial charge in [-0.25, -0.2) is 4.98 Å². The molecule has 0 aliphatic carbocycles. The first-order valence-electron chi connectivity index (χ1n) is 5.55. The maximum atomic E-state index is 11.0. The normalized spacial score (nSPS) is 10.4. The number of nitrogens with zero attached hydrogens (tertiary/aromatic N) is 1. The largest absolute Gasteiger partial charge is 0.352 e. The highest BCUT2D eigenvalue weighted by atomic mass is 16.1. The quantitative estimate of drug-likeness (QED) is 0.784. The van der Waals surface area contributed by atoms with Crippen molar-refractivity contribution in [2.75, 3.05) is 6.54 Å². The van der Waals surface area contributed by atoms with Crippen LogP contribution in [0.15, 0.2) is 31.0 Å². The van der Waals surface area contributed by atoms with Crippen molar-refractivity contribution in [1.29, 1.82) is 0 Å². The van der Waals surface area contributed by atoms with Gasteiger partial charge in [0, 0.05) is 23.8 Å². The van der Waals surface area contributed by atoms with Crippen molar-refractivity contribution in [3.63, 3.8) is 0 Å². The molecule has 2 heterocycles. The van der Waals surface area contributed by atoms with Crippen molar-refractivity contribution in [2.45, 2.75) is 13.3 Å². The fourth-order valence-electron chi connectivity index (χ4n) is 1.91. The van der Waals surface area contributed by atoms with Crippen molar-refractivity contribution in [3.8, 4) is 0 Å². The topological polar surface area (TPSA) is 57.8 Å². The molecule has 4 nitrogen and oxygen atoms in total. The number of aryl methyl sites for hydroxylation is 1. The first kappa shape index (κ1) is 11.4. The van der Waals surface area contributed by atoms with Crippen LogP contribution < -0.4 is 5.32 Å². The number of amides is 1. The van der Waals surface area contributed by atoms with Crippen LogP contribution in [0.25, 0.3) is 11.0 Å². The van der Waals surface area contributed by atoms with Gasteiger partial charge in [0.25, 0.3) is 0 Å². The van der Waals surface area contributed by atoms with Gasteiger partial charge in [-0.1, -0.05) is 6.58 Å². The van der Waals surface area contributed by atoms with Crippen LogP contribution in [0.2, 0.25) is 0 Å². The first-order chi connectivity index (χ1) is 8.22. The van der Waals surface area contributed by atoms with Gasteiger partial charge in [-0.3, -0.25) is 4.79 Å². The Kier molecular flexibility index (Phi) is 3.23. The van der Waals surface area contributed by atoms with Crippen LogP contribution in [-0.2, 0) is 11.2 Å². The minimum Gasteiger partial charge on any atom is -0.352 e. The minimum atomic E-state index is -0.138. The predicted molar refractivity (Wildman–Crippen MR) is 67.7 cm³/mol. The van der Waals surface area contributed by atoms with E-state index in [1.807, 2.05) is 19.1 Å². The van der Waals surface area contributed by atoms with Gasteiger partial charge < -0.3 is 10.3 Å². The third-order valence-electron chi connectivity index (χ3n) is 2.75. The summed E-state index contributed by atoms with van der Waals surface area (Å²) < 4.78 is 0. The lowest BCUT2D eigenvalue weighted by Crippen LogP contribution is -2.23. The summed E-state index contributed by atoms with van der Waals surface area (Å²) in [5.41, 5.74) is 3.21. The number of pyridine rings is 1. The molecular weight excluding hydrogens is 214 g/mol. The third kappa shape index (κ3) is 2.36. The van der Waals surface area contributed by atoms with Crippen LogP contribution in [0, 0.1) is 6.92 Å². The lowest BCUT2D eigenvalue weighted by Gasteiger charge is -2.02. The van der Waals surface area contributed by atoms with Crippen molar-refractivity contribution in [1.82, 2.24) is 15.3 Å². The number of H-pyrrole nitrogens is 1. The van der Waals surface area contributed by atoms with Crippen molar-refractivity contribution in [2.24, 2.45) is 0 Å². The lowest BCUT2D eigenvalue weighted by molar-refractivity contribution is -0.116. The van der Waals surface area contributed by atoms with Gasteiger partial charge in [-0.05, 0) is 37.1 Å². The molecule has 0 saturated carbocycles. The van der Waals surface area contributed by atoms with Gasteiger partial charge in [-0.2, -0.15) is 0 Å². The monoisotopic (exact) mass is 229 g/mol. The molecule has 0 saturated heterocycles. The minimum absolute atomic E-state index is 0.138. The van der Waals surface area contributed by atoms with E-state index in [9.17, 15) is 4.79 Å². The number of fused-ring (bicyclic) bond motifs is 1. The van der Waals surface area contributed by atoms with E-state index in [1.54, 1.807) is 6.20 Å². The van der Waals surface area contributed by atoms with E-state index in [4.69, 9.17) is 0 Å². The summed E-state index contributed by atoms with van der Waals surface area (Å²) in [5, 5.41) is 3.89. The SMILES string of the molecule is C=CC(=O)NCCc1c(C)[nH]c2ncccc12. The molecular formula is C13H15N3O. The number of hydrogen-bond acceptors (Lipinski definition) is 2. The van der Waals surface area contributed by atoms with Gasteiger partial charge in [0.1, 0.15) is 5.65 Å². The Balaban J connectivity index is 2.15. The highest BCUT2D eigenvalue weighted by Gasteiger charge is 2.08. The summed E-state index contributed by atoms with van der Waals surface area (Å²) in [6.07, 6.45) is 3.84. The van der Waals surface area contributed by atoms with Crippen LogP contribution in [0.4, 0.5) is 0 Å². The third-order valence-corrected chi connectivity index (χ3v) is 2.75. The Morgan fingerprint density at radius 3 is 3.24 bits per heavy atom. The number of hydrogen-bond donors (Lipinski definition) is 2. The Morgan fingerprint density at radius 1 is 1.65 bits per heavy atom. The van der Waals surface area contributed by atoms with Crippen molar-refractivity contribution < 1.29 is 4.79 Å². The Labute approximate surface area is 99.8 Å². The van der Waals surface area contributed by atoms with E-state index >= 15 is 0 Å². The van der Waals surface area contributed by atoms with Crippen LogP contribution in [0.5, 0.6) is 0 Å². The molecule has 0 radical (unpaired) electrons. The van der Waals surface area contributed by atoms with Gasteiger partial charge >= 0.3 is 0 Å². The Morgan fingerprint density at radius 2 is 2.47 bits per heavy atom. The van der Waals surface area contributed by atoms with E-state index in [0.717, 1.165) is 23.1 Å². The summed E-state index contributed by atoms with van der Waals surface area (Å²) in [5.74, 6) is -0.138. The summed E-state index contributed by atoms with van der Waals surface area (Å²) in [6, 6.07) is 3.96. The molecule has 0 bridgehead atoms. The molecule has 0 unspecified atom stereocenters. The van der Waals surface area contributed by atoms with Crippen LogP contribution >= 0.6 is 0 Å². The van der Waals surface area contributed by atoms with Crippen LogP contribution in [0.1, 0.15) is 11.3 Å². The molecule has 2 aromatic heterocycles. The zero-order valence-corrected chi connectivity index (χ0v) is 9.79. The number of aromatic amines is 1. The molecule has 4 heteroatoms. The molecule has 0 atom stereocenters. The standard InChI is InChI=1S/C13H15N3O/c1-3-12(17)14-8-6-10-9(2)16-13-11(10)5-4-7-15-13/h3-5,7H,1,6,8H2,2H3,(H,14,17)(H,15,16). The smallest absolute Gasteiger partial charge is 0.243 e. The number of aromatic nitrogens is 2. The van der Waals surface area contributed by atoms with Crippen molar-refractivity contribution in [3.05, 3.63) is 42.2 Å². The zero-order valence-electron chi connectivity index (χ0n) is 9.79. The van der Waals surface area contributed by atoms with E-state index in [1.165, 1.54) is 11.6 Å². The highest BCUT2D eigenvalue weighted by Crippen LogP contribution is 2.20. The molecule has 0 aromatic carbocycles. The number of rotatable bonds is 4. The summed E-state index contributed by atoms with van der Waals surface area (Å²) >= 11 is 0. The molecule has 2 rings (SSSR count). The second kappa shape index (κ2) is 4.82. The second-order valence-corrected chi connectivity index (χ2v) is 3.87. The lowest BCUT2D eigenvalue weighted by atomic mass is 10.1. The fourth-order valence-corrected chi connectivity index (χ4v) is 1.91. The highest BCUT2D eigenvalue weighted by molar-refractivity contribution is 5.87. The van der Waals surface area contributed by atoms with E-state index in [0.29, 0.717) is 6.54 Å². The molecule has 2 N–H and O–H groups in total. The van der Waals surface area contributed by atoms with E-state index in [-0.39, 0.29) is 5.91 Å². The zero-order chi connectivity index (χ0) is 12.3. The fraction of sp³-hybridized carbons (Fsp3) is 0.231. The van der Waals surface area contributed by atoms with Crippen LogP contribution in [-0.4, -0.2) is 22.4 Å². The number of carbonyl (C=O) groups is 1. The number of carbonyl (C=O) groups excluding carboxylic acids is 1. The van der Waals surface area contributed by atoms with E-state index < -0.39 is 0 Å². The summed E-state index contributed by atoms with van der Waals surface area (Å²) in [4.78, 5) is 18.5. The predicted octanol–water partition coefficient (Wildman–Crippen LogP) is 1.72. The number of nitrogens with one attached hydrogen (secondary N) is 2. The average Bonchev–Trinajstić information content (AvgIpc) is 2.66. The summed E-state index contributed by atoms with van der Waals surface area (Å²) in [6.45, 7) is 6.04. The Hall–Kier alpha value is -2.10. The summed E-state index contributed by atoms with van der Waals surface area (Å²) in [7, 11) is 0. The molecule has 17 heavy (non-hydrogen) atoms. The molecule has 2 aromatic rings.